The maximum Gasteiger partial charge on any atom is 0.323 e. The molecule has 2 aromatic rings. The van der Waals surface area contributed by atoms with Gasteiger partial charge in [0.05, 0.1) is 55.3 Å². The smallest absolute Gasteiger partial charge is 0.323 e. The number of rotatable bonds is 9. The molecule has 0 saturated carbocycles. The number of aliphatic carboxylic acids is 1. The summed E-state index contributed by atoms with van der Waals surface area (Å²) in [4.78, 5) is 26.6. The van der Waals surface area contributed by atoms with Crippen molar-refractivity contribution in [1.29, 1.82) is 5.26 Å². The number of amides is 2. The first kappa shape index (κ1) is 26.0. The van der Waals surface area contributed by atoms with Crippen molar-refractivity contribution >= 4 is 29.1 Å². The van der Waals surface area contributed by atoms with Gasteiger partial charge in [0, 0.05) is 25.3 Å². The summed E-state index contributed by atoms with van der Waals surface area (Å²) in [7, 11) is 1.54. The molecule has 0 radical (unpaired) electrons. The summed E-state index contributed by atoms with van der Waals surface area (Å²) < 4.78 is 11.0. The SMILES string of the molecule is COCC(CC(=O)O)c1ccc(N2CCOC[C@H]2C(C)C)c(NC(=O)Nc2ccc(C#N)cc2)c1. The van der Waals surface area contributed by atoms with Crippen LogP contribution >= 0.6 is 0 Å². The van der Waals surface area contributed by atoms with E-state index in [1.54, 1.807) is 24.3 Å². The van der Waals surface area contributed by atoms with Gasteiger partial charge < -0.3 is 30.1 Å². The van der Waals surface area contributed by atoms with Crippen LogP contribution in [0.5, 0.6) is 0 Å². The minimum atomic E-state index is -0.919. The van der Waals surface area contributed by atoms with Crippen molar-refractivity contribution in [3.8, 4) is 6.07 Å². The minimum absolute atomic E-state index is 0.0871. The number of carboxylic acid groups (broad SMARTS) is 1. The molecule has 3 rings (SSSR count). The molecule has 2 amide bonds. The van der Waals surface area contributed by atoms with Crippen molar-refractivity contribution < 1.29 is 24.2 Å². The van der Waals surface area contributed by atoms with Crippen LogP contribution in [-0.4, -0.2) is 56.6 Å². The summed E-state index contributed by atoms with van der Waals surface area (Å²) in [6, 6.07) is 14.0. The Morgan fingerprint density at radius 1 is 1.23 bits per heavy atom. The van der Waals surface area contributed by atoms with Crippen LogP contribution in [0.3, 0.4) is 0 Å². The number of nitrogens with one attached hydrogen (secondary N) is 2. The lowest BCUT2D eigenvalue weighted by atomic mass is 9.94. The molecule has 0 spiro atoms. The first-order chi connectivity index (χ1) is 16.8. The molecule has 1 aliphatic rings. The molecule has 0 aliphatic carbocycles. The van der Waals surface area contributed by atoms with Gasteiger partial charge in [-0.3, -0.25) is 4.79 Å². The second-order valence-corrected chi connectivity index (χ2v) is 8.87. The van der Waals surface area contributed by atoms with E-state index in [-0.39, 0.29) is 25.0 Å². The molecule has 3 N–H and O–H groups in total. The fraction of sp³-hybridized carbons (Fsp3) is 0.423. The topological polar surface area (TPSA) is 124 Å². The number of ether oxygens (including phenoxy) is 2. The molecule has 1 unspecified atom stereocenters. The number of nitrogens with zero attached hydrogens (tertiary/aromatic N) is 2. The highest BCUT2D eigenvalue weighted by Crippen LogP contribution is 2.35. The number of hydrogen-bond acceptors (Lipinski definition) is 6. The molecule has 2 atom stereocenters. The van der Waals surface area contributed by atoms with E-state index in [4.69, 9.17) is 14.7 Å². The van der Waals surface area contributed by atoms with Crippen LogP contribution in [0.25, 0.3) is 0 Å². The molecule has 9 heteroatoms. The fourth-order valence-corrected chi connectivity index (χ4v) is 4.23. The summed E-state index contributed by atoms with van der Waals surface area (Å²) in [5, 5.41) is 24.1. The molecule has 1 heterocycles. The Hall–Kier alpha value is -3.61. The van der Waals surface area contributed by atoms with Gasteiger partial charge in [-0.2, -0.15) is 5.26 Å². The Bertz CT molecular complexity index is 1060. The predicted octanol–water partition coefficient (Wildman–Crippen LogP) is 4.27. The van der Waals surface area contributed by atoms with Crippen molar-refractivity contribution in [3.63, 3.8) is 0 Å². The zero-order valence-electron chi connectivity index (χ0n) is 20.3. The Balaban J connectivity index is 1.94. The van der Waals surface area contributed by atoms with E-state index in [9.17, 15) is 14.7 Å². The van der Waals surface area contributed by atoms with Gasteiger partial charge >= 0.3 is 12.0 Å². The van der Waals surface area contributed by atoms with Gasteiger partial charge in [0.1, 0.15) is 0 Å². The number of morpholine rings is 1. The van der Waals surface area contributed by atoms with E-state index in [0.29, 0.717) is 42.6 Å². The summed E-state index contributed by atoms with van der Waals surface area (Å²) in [6.07, 6.45) is -0.0871. The maximum atomic E-state index is 12.9. The number of hydrogen-bond donors (Lipinski definition) is 3. The van der Waals surface area contributed by atoms with Crippen molar-refractivity contribution in [3.05, 3.63) is 53.6 Å². The number of carbonyl (C=O) groups excluding carboxylic acids is 1. The lowest BCUT2D eigenvalue weighted by molar-refractivity contribution is -0.137. The number of methoxy groups -OCH3 is 1. The third-order valence-electron chi connectivity index (χ3n) is 6.05. The van der Waals surface area contributed by atoms with Crippen molar-refractivity contribution in [2.24, 2.45) is 5.92 Å². The van der Waals surface area contributed by atoms with Gasteiger partial charge in [-0.05, 0) is 47.9 Å². The van der Waals surface area contributed by atoms with E-state index in [0.717, 1.165) is 11.3 Å². The molecule has 1 aliphatic heterocycles. The molecule has 0 aromatic heterocycles. The molecule has 35 heavy (non-hydrogen) atoms. The first-order valence-electron chi connectivity index (χ1n) is 11.6. The summed E-state index contributed by atoms with van der Waals surface area (Å²) in [6.45, 7) is 6.34. The maximum absolute atomic E-state index is 12.9. The van der Waals surface area contributed by atoms with Crippen LogP contribution < -0.4 is 15.5 Å². The third-order valence-corrected chi connectivity index (χ3v) is 6.05. The van der Waals surface area contributed by atoms with Gasteiger partial charge in [0.2, 0.25) is 0 Å². The number of carboxylic acids is 1. The van der Waals surface area contributed by atoms with E-state index in [1.165, 1.54) is 7.11 Å². The number of urea groups is 1. The van der Waals surface area contributed by atoms with E-state index < -0.39 is 12.0 Å². The van der Waals surface area contributed by atoms with E-state index in [1.807, 2.05) is 24.3 Å². The van der Waals surface area contributed by atoms with E-state index in [2.05, 4.69) is 29.4 Å². The second-order valence-electron chi connectivity index (χ2n) is 8.87. The molecular weight excluding hydrogens is 448 g/mol. The number of anilines is 3. The number of benzene rings is 2. The Kier molecular flexibility index (Phi) is 9.06. The van der Waals surface area contributed by atoms with Gasteiger partial charge in [-0.25, -0.2) is 4.79 Å². The van der Waals surface area contributed by atoms with Crippen LogP contribution in [0.15, 0.2) is 42.5 Å². The highest BCUT2D eigenvalue weighted by molar-refractivity contribution is 6.02. The van der Waals surface area contributed by atoms with Crippen LogP contribution in [0.1, 0.15) is 37.3 Å². The monoisotopic (exact) mass is 480 g/mol. The van der Waals surface area contributed by atoms with Crippen molar-refractivity contribution in [2.45, 2.75) is 32.2 Å². The second kappa shape index (κ2) is 12.2. The van der Waals surface area contributed by atoms with Crippen LogP contribution in [-0.2, 0) is 14.3 Å². The average Bonchev–Trinajstić information content (AvgIpc) is 2.84. The zero-order chi connectivity index (χ0) is 25.4. The predicted molar refractivity (Wildman–Crippen MR) is 134 cm³/mol. The standard InChI is InChI=1S/C26H32N4O5/c1-17(2)24-16-35-11-10-30(24)23-9-6-19(20(15-34-3)13-25(31)32)12-22(23)29-26(33)28-21-7-4-18(14-27)5-8-21/h4-9,12,17,20,24H,10-11,13,15-16H2,1-3H3,(H,31,32)(H2,28,29,33)/t20?,24-/m0/s1. The summed E-state index contributed by atoms with van der Waals surface area (Å²) >= 11 is 0. The van der Waals surface area contributed by atoms with Gasteiger partial charge in [-0.1, -0.05) is 19.9 Å². The Labute approximate surface area is 205 Å². The van der Waals surface area contributed by atoms with Crippen LogP contribution in [0, 0.1) is 17.2 Å². The normalized spacial score (nSPS) is 16.4. The van der Waals surface area contributed by atoms with E-state index >= 15 is 0 Å². The van der Waals surface area contributed by atoms with Crippen molar-refractivity contribution in [2.75, 3.05) is 49.0 Å². The number of carbonyl (C=O) groups is 2. The quantitative estimate of drug-likeness (QED) is 0.490. The molecule has 9 nitrogen and oxygen atoms in total. The Morgan fingerprint density at radius 3 is 2.60 bits per heavy atom. The molecule has 1 saturated heterocycles. The molecule has 0 bridgehead atoms. The van der Waals surface area contributed by atoms with Crippen LogP contribution in [0.2, 0.25) is 0 Å². The van der Waals surface area contributed by atoms with Gasteiger partial charge in [0.25, 0.3) is 0 Å². The fourth-order valence-electron chi connectivity index (χ4n) is 4.23. The van der Waals surface area contributed by atoms with Crippen molar-refractivity contribution in [1.82, 2.24) is 0 Å². The number of nitriles is 1. The van der Waals surface area contributed by atoms with Crippen LogP contribution in [0.4, 0.5) is 21.9 Å². The molecule has 1 fully saturated rings. The Morgan fingerprint density at radius 2 is 1.97 bits per heavy atom. The van der Waals surface area contributed by atoms with Gasteiger partial charge in [0.15, 0.2) is 0 Å². The largest absolute Gasteiger partial charge is 0.481 e. The summed E-state index contributed by atoms with van der Waals surface area (Å²) in [5.41, 5.74) is 3.24. The highest BCUT2D eigenvalue weighted by atomic mass is 16.5. The average molecular weight is 481 g/mol. The first-order valence-corrected chi connectivity index (χ1v) is 11.6. The zero-order valence-corrected chi connectivity index (χ0v) is 20.3. The van der Waals surface area contributed by atoms with Gasteiger partial charge in [-0.15, -0.1) is 0 Å². The minimum Gasteiger partial charge on any atom is -0.481 e. The highest BCUT2D eigenvalue weighted by Gasteiger charge is 2.28. The lowest BCUT2D eigenvalue weighted by Gasteiger charge is -2.40. The summed E-state index contributed by atoms with van der Waals surface area (Å²) in [5.74, 6) is -0.958. The molecule has 2 aromatic carbocycles. The molecular formula is C26H32N4O5. The lowest BCUT2D eigenvalue weighted by Crippen LogP contribution is -2.48. The molecule has 186 valence electrons. The third kappa shape index (κ3) is 6.94.